The van der Waals surface area contributed by atoms with Crippen molar-refractivity contribution in [1.82, 2.24) is 4.98 Å². The third-order valence-corrected chi connectivity index (χ3v) is 5.17. The maximum Gasteiger partial charge on any atom is 0.263 e. The summed E-state index contributed by atoms with van der Waals surface area (Å²) in [5, 5.41) is 1.58. The Kier molecular flexibility index (Phi) is 4.15. The number of hydrogen-bond donors (Lipinski definition) is 1. The second kappa shape index (κ2) is 6.13. The van der Waals surface area contributed by atoms with Gasteiger partial charge in [-0.3, -0.25) is 4.72 Å². The second-order valence-electron chi connectivity index (χ2n) is 5.79. The molecule has 3 rings (SSSR count). The van der Waals surface area contributed by atoms with E-state index in [4.69, 9.17) is 0 Å². The van der Waals surface area contributed by atoms with Crippen molar-refractivity contribution in [3.8, 4) is 0 Å². The summed E-state index contributed by atoms with van der Waals surface area (Å²) in [5.41, 5.74) is 1.72. The average Bonchev–Trinajstić information content (AvgIpc) is 2.53. The first kappa shape index (κ1) is 16.3. The Bertz CT molecular complexity index is 998. The van der Waals surface area contributed by atoms with Crippen LogP contribution in [0.3, 0.4) is 0 Å². The summed E-state index contributed by atoms with van der Waals surface area (Å²) >= 11 is 0. The first-order chi connectivity index (χ1) is 11.4. The molecule has 0 unspecified atom stereocenters. The van der Waals surface area contributed by atoms with Crippen LogP contribution in [0, 0.1) is 6.92 Å². The highest BCUT2D eigenvalue weighted by Gasteiger charge is 2.19. The summed E-state index contributed by atoms with van der Waals surface area (Å²) < 4.78 is 28.3. The summed E-state index contributed by atoms with van der Waals surface area (Å²) in [5.74, 6) is 0.316. The Morgan fingerprint density at radius 1 is 0.917 bits per heavy atom. The molecule has 0 fully saturated rings. The Hall–Kier alpha value is -2.60. The van der Waals surface area contributed by atoms with Crippen LogP contribution in [0.1, 0.15) is 5.69 Å². The van der Waals surface area contributed by atoms with Crippen molar-refractivity contribution in [3.05, 3.63) is 60.3 Å². The lowest BCUT2D eigenvalue weighted by atomic mass is 10.1. The molecule has 0 spiro atoms. The van der Waals surface area contributed by atoms with Crippen LogP contribution < -0.4 is 9.62 Å². The molecule has 24 heavy (non-hydrogen) atoms. The van der Waals surface area contributed by atoms with E-state index in [9.17, 15) is 8.42 Å². The van der Waals surface area contributed by atoms with Crippen molar-refractivity contribution in [2.45, 2.75) is 11.8 Å². The molecule has 0 amide bonds. The predicted octanol–water partition coefficient (Wildman–Crippen LogP) is 3.41. The fourth-order valence-corrected chi connectivity index (χ4v) is 3.91. The van der Waals surface area contributed by atoms with Gasteiger partial charge < -0.3 is 4.90 Å². The second-order valence-corrected chi connectivity index (χ2v) is 7.44. The van der Waals surface area contributed by atoms with Gasteiger partial charge in [-0.05, 0) is 31.2 Å². The van der Waals surface area contributed by atoms with Crippen LogP contribution in [0.4, 0.5) is 11.5 Å². The van der Waals surface area contributed by atoms with E-state index < -0.39 is 10.0 Å². The molecule has 0 bridgehead atoms. The Balaban J connectivity index is 2.13. The summed E-state index contributed by atoms with van der Waals surface area (Å²) in [6.45, 7) is 1.82. The quantitative estimate of drug-likeness (QED) is 0.790. The van der Waals surface area contributed by atoms with Crippen molar-refractivity contribution in [2.75, 3.05) is 23.7 Å². The first-order valence-corrected chi connectivity index (χ1v) is 9.02. The third-order valence-electron chi connectivity index (χ3n) is 3.76. The molecule has 6 heteroatoms. The molecule has 5 nitrogen and oxygen atoms in total. The highest BCUT2D eigenvalue weighted by molar-refractivity contribution is 7.93. The number of aromatic nitrogens is 1. The highest BCUT2D eigenvalue weighted by Crippen LogP contribution is 2.30. The summed E-state index contributed by atoms with van der Waals surface area (Å²) in [4.78, 5) is 6.42. The van der Waals surface area contributed by atoms with E-state index in [0.29, 0.717) is 11.2 Å². The van der Waals surface area contributed by atoms with Gasteiger partial charge in [0.2, 0.25) is 0 Å². The van der Waals surface area contributed by atoms with E-state index in [-0.39, 0.29) is 4.90 Å². The molecule has 124 valence electrons. The third kappa shape index (κ3) is 3.05. The molecule has 1 heterocycles. The number of nitrogens with one attached hydrogen (secondary N) is 1. The van der Waals surface area contributed by atoms with Crippen LogP contribution in [-0.2, 0) is 10.0 Å². The number of fused-ring (bicyclic) bond motifs is 1. The smallest absolute Gasteiger partial charge is 0.263 e. The van der Waals surface area contributed by atoms with Gasteiger partial charge in [-0.15, -0.1) is 0 Å². The molecule has 0 saturated carbocycles. The van der Waals surface area contributed by atoms with Gasteiger partial charge in [0.1, 0.15) is 5.82 Å². The van der Waals surface area contributed by atoms with Gasteiger partial charge in [0.15, 0.2) is 0 Å². The number of aryl methyl sites for hydroxylation is 1. The molecule has 0 atom stereocenters. The van der Waals surface area contributed by atoms with Crippen LogP contribution >= 0.6 is 0 Å². The van der Waals surface area contributed by atoms with Gasteiger partial charge in [0.05, 0.1) is 4.90 Å². The van der Waals surface area contributed by atoms with Crippen LogP contribution in [-0.4, -0.2) is 27.5 Å². The molecule has 0 aliphatic rings. The zero-order valence-electron chi connectivity index (χ0n) is 13.8. The lowest BCUT2D eigenvalue weighted by molar-refractivity contribution is 0.602. The van der Waals surface area contributed by atoms with Gasteiger partial charge in [-0.1, -0.05) is 30.3 Å². The van der Waals surface area contributed by atoms with Gasteiger partial charge in [0, 0.05) is 36.2 Å². The van der Waals surface area contributed by atoms with Gasteiger partial charge in [0.25, 0.3) is 10.0 Å². The SMILES string of the molecule is Cc1cccc(NS(=O)(=O)c2cccc3c(N(C)C)cccc23)n1. The predicted molar refractivity (Wildman–Crippen MR) is 98.1 cm³/mol. The fraction of sp³-hybridized carbons (Fsp3) is 0.167. The molecule has 0 saturated heterocycles. The zero-order valence-corrected chi connectivity index (χ0v) is 14.6. The van der Waals surface area contributed by atoms with E-state index in [1.807, 2.05) is 56.3 Å². The minimum absolute atomic E-state index is 0.243. The highest BCUT2D eigenvalue weighted by atomic mass is 32.2. The Labute approximate surface area is 142 Å². The maximum atomic E-state index is 12.8. The first-order valence-electron chi connectivity index (χ1n) is 7.54. The van der Waals surface area contributed by atoms with Crippen LogP contribution in [0.25, 0.3) is 10.8 Å². The molecule has 2 aromatic carbocycles. The zero-order chi connectivity index (χ0) is 17.3. The molecule has 1 aromatic heterocycles. The summed E-state index contributed by atoms with van der Waals surface area (Å²) in [7, 11) is 0.141. The van der Waals surface area contributed by atoms with Crippen molar-refractivity contribution in [3.63, 3.8) is 0 Å². The molecule has 0 aliphatic carbocycles. The van der Waals surface area contributed by atoms with Gasteiger partial charge >= 0.3 is 0 Å². The summed E-state index contributed by atoms with van der Waals surface area (Å²) in [6, 6.07) is 16.2. The van der Waals surface area contributed by atoms with Crippen LogP contribution in [0.5, 0.6) is 0 Å². The monoisotopic (exact) mass is 341 g/mol. The minimum atomic E-state index is -3.73. The van der Waals surface area contributed by atoms with Crippen molar-refractivity contribution in [1.29, 1.82) is 0 Å². The number of nitrogens with zero attached hydrogens (tertiary/aromatic N) is 2. The Morgan fingerprint density at radius 2 is 1.58 bits per heavy atom. The maximum absolute atomic E-state index is 12.8. The number of sulfonamides is 1. The molecule has 3 aromatic rings. The molecule has 0 radical (unpaired) electrons. The summed E-state index contributed by atoms with van der Waals surface area (Å²) in [6.07, 6.45) is 0. The standard InChI is InChI=1S/C18H19N3O2S/c1-13-7-4-12-18(19-13)20-24(22,23)17-11-6-8-14-15(17)9-5-10-16(14)21(2)3/h4-12H,1-3H3,(H,19,20). The molecular formula is C18H19N3O2S. The van der Waals surface area contributed by atoms with Crippen LogP contribution in [0.2, 0.25) is 0 Å². The number of anilines is 2. The number of pyridine rings is 1. The van der Waals surface area contributed by atoms with E-state index in [2.05, 4.69) is 9.71 Å². The topological polar surface area (TPSA) is 62.3 Å². The van der Waals surface area contributed by atoms with E-state index >= 15 is 0 Å². The van der Waals surface area contributed by atoms with Crippen molar-refractivity contribution in [2.24, 2.45) is 0 Å². The van der Waals surface area contributed by atoms with Gasteiger partial charge in [-0.2, -0.15) is 0 Å². The van der Waals surface area contributed by atoms with E-state index in [1.165, 1.54) is 0 Å². The van der Waals surface area contributed by atoms with Crippen molar-refractivity contribution >= 4 is 32.3 Å². The number of hydrogen-bond acceptors (Lipinski definition) is 4. The normalized spacial score (nSPS) is 11.5. The Morgan fingerprint density at radius 3 is 2.29 bits per heavy atom. The molecular weight excluding hydrogens is 322 g/mol. The average molecular weight is 341 g/mol. The van der Waals surface area contributed by atoms with E-state index in [0.717, 1.165) is 16.8 Å². The van der Waals surface area contributed by atoms with Crippen molar-refractivity contribution < 1.29 is 8.42 Å². The van der Waals surface area contributed by atoms with Crippen LogP contribution in [0.15, 0.2) is 59.5 Å². The fourth-order valence-electron chi connectivity index (χ4n) is 2.68. The lowest BCUT2D eigenvalue weighted by Gasteiger charge is -2.17. The minimum Gasteiger partial charge on any atom is -0.377 e. The number of rotatable bonds is 4. The lowest BCUT2D eigenvalue weighted by Crippen LogP contribution is -2.15. The molecule has 0 aliphatic heterocycles. The van der Waals surface area contributed by atoms with E-state index in [1.54, 1.807) is 24.3 Å². The number of benzene rings is 2. The molecule has 1 N–H and O–H groups in total. The van der Waals surface area contributed by atoms with Gasteiger partial charge in [-0.25, -0.2) is 13.4 Å². The largest absolute Gasteiger partial charge is 0.377 e.